The number of benzene rings is 2. The number of imidazole rings is 1. The predicted octanol–water partition coefficient (Wildman–Crippen LogP) is 4.07. The first kappa shape index (κ1) is 14.4. The number of aromatic amines is 1. The van der Waals surface area contributed by atoms with Gasteiger partial charge in [0.05, 0.1) is 41.0 Å². The van der Waals surface area contributed by atoms with E-state index in [0.717, 1.165) is 39.6 Å². The van der Waals surface area contributed by atoms with Crippen LogP contribution in [0.2, 0.25) is 0 Å². The maximum atomic E-state index is 10.3. The molecule has 0 spiro atoms. The van der Waals surface area contributed by atoms with Gasteiger partial charge in [-0.1, -0.05) is 23.8 Å². The largest absolute Gasteiger partial charge is 0.507 e. The van der Waals surface area contributed by atoms with Crippen molar-refractivity contribution in [3.8, 4) is 5.75 Å². The van der Waals surface area contributed by atoms with Crippen molar-refractivity contribution in [2.75, 3.05) is 0 Å². The molecule has 0 saturated heterocycles. The lowest BCUT2D eigenvalue weighted by atomic mass is 10.0. The third-order valence-corrected chi connectivity index (χ3v) is 4.00. The molecule has 0 fully saturated rings. The molecular formula is C19H16N4O. The highest BCUT2D eigenvalue weighted by Gasteiger charge is 2.19. The highest BCUT2D eigenvalue weighted by molar-refractivity contribution is 6.20. The summed E-state index contributed by atoms with van der Waals surface area (Å²) in [5, 5.41) is 10.3. The molecule has 5 nitrogen and oxygen atoms in total. The summed E-state index contributed by atoms with van der Waals surface area (Å²) in [6.45, 7) is 2.00. The van der Waals surface area contributed by atoms with Crippen molar-refractivity contribution in [2.24, 2.45) is 9.98 Å². The summed E-state index contributed by atoms with van der Waals surface area (Å²) >= 11 is 0. The lowest BCUT2D eigenvalue weighted by molar-refractivity contribution is 0.474. The van der Waals surface area contributed by atoms with Crippen molar-refractivity contribution in [2.45, 2.75) is 13.3 Å². The molecule has 118 valence electrons. The molecule has 2 heterocycles. The van der Waals surface area contributed by atoms with Crippen LogP contribution in [0.4, 0.5) is 11.4 Å². The Morgan fingerprint density at radius 1 is 1.00 bits per heavy atom. The van der Waals surface area contributed by atoms with E-state index in [9.17, 15) is 5.11 Å². The maximum absolute atomic E-state index is 10.3. The van der Waals surface area contributed by atoms with E-state index in [2.05, 4.69) is 9.97 Å². The van der Waals surface area contributed by atoms with E-state index >= 15 is 0 Å². The monoisotopic (exact) mass is 316 g/mol. The number of aromatic nitrogens is 2. The highest BCUT2D eigenvalue weighted by atomic mass is 16.3. The van der Waals surface area contributed by atoms with Gasteiger partial charge in [0.1, 0.15) is 5.75 Å². The third-order valence-electron chi connectivity index (χ3n) is 4.00. The van der Waals surface area contributed by atoms with Crippen LogP contribution in [0.25, 0.3) is 0 Å². The fourth-order valence-corrected chi connectivity index (χ4v) is 2.79. The molecule has 1 aliphatic heterocycles. The second-order valence-electron chi connectivity index (χ2n) is 5.77. The first-order valence-corrected chi connectivity index (χ1v) is 7.73. The SMILES string of the molecule is Cc1ccc(O)c(C2=Nc3ccccc3N=C(c3cnc[nH]3)C2)c1. The lowest BCUT2D eigenvalue weighted by Crippen LogP contribution is -2.10. The number of nitrogens with one attached hydrogen (secondary N) is 1. The van der Waals surface area contributed by atoms with Crippen LogP contribution in [0.5, 0.6) is 5.75 Å². The number of phenolic OH excluding ortho intramolecular Hbond substituents is 1. The van der Waals surface area contributed by atoms with Crippen molar-refractivity contribution in [1.82, 2.24) is 9.97 Å². The van der Waals surface area contributed by atoms with E-state index in [-0.39, 0.29) is 5.75 Å². The Labute approximate surface area is 139 Å². The van der Waals surface area contributed by atoms with Crippen LogP contribution >= 0.6 is 0 Å². The molecule has 2 aromatic carbocycles. The molecule has 24 heavy (non-hydrogen) atoms. The third kappa shape index (κ3) is 2.60. The van der Waals surface area contributed by atoms with Gasteiger partial charge < -0.3 is 10.1 Å². The minimum absolute atomic E-state index is 0.225. The van der Waals surface area contributed by atoms with E-state index in [1.807, 2.05) is 43.3 Å². The molecule has 0 saturated carbocycles. The first-order chi connectivity index (χ1) is 11.7. The maximum Gasteiger partial charge on any atom is 0.124 e. The van der Waals surface area contributed by atoms with Crippen molar-refractivity contribution in [3.05, 3.63) is 71.8 Å². The normalized spacial score (nSPS) is 13.7. The molecule has 0 radical (unpaired) electrons. The molecule has 3 aromatic rings. The standard InChI is InChI=1S/C19H16N4O/c1-12-6-7-19(24)13(8-12)16-9-17(18-10-20-11-21-18)23-15-5-3-2-4-14(15)22-16/h2-8,10-11,24H,9H2,1H3,(H,20,21). The average Bonchev–Trinajstić information content (AvgIpc) is 3.05. The van der Waals surface area contributed by atoms with Crippen LogP contribution in [-0.2, 0) is 0 Å². The highest BCUT2D eigenvalue weighted by Crippen LogP contribution is 2.33. The van der Waals surface area contributed by atoms with Crippen molar-refractivity contribution >= 4 is 22.8 Å². The number of aryl methyl sites for hydroxylation is 1. The molecule has 4 rings (SSSR count). The van der Waals surface area contributed by atoms with Crippen molar-refractivity contribution in [1.29, 1.82) is 0 Å². The van der Waals surface area contributed by atoms with E-state index in [4.69, 9.17) is 9.98 Å². The number of fused-ring (bicyclic) bond motifs is 1. The summed E-state index contributed by atoms with van der Waals surface area (Å²) in [6, 6.07) is 13.3. The van der Waals surface area contributed by atoms with Crippen LogP contribution in [0.1, 0.15) is 23.2 Å². The zero-order chi connectivity index (χ0) is 16.5. The van der Waals surface area contributed by atoms with Gasteiger partial charge >= 0.3 is 0 Å². The minimum Gasteiger partial charge on any atom is -0.507 e. The fourth-order valence-electron chi connectivity index (χ4n) is 2.79. The minimum atomic E-state index is 0.225. The van der Waals surface area contributed by atoms with Gasteiger partial charge in [0.25, 0.3) is 0 Å². The Morgan fingerprint density at radius 3 is 2.46 bits per heavy atom. The molecule has 0 bridgehead atoms. The summed E-state index contributed by atoms with van der Waals surface area (Å²) < 4.78 is 0. The predicted molar refractivity (Wildman–Crippen MR) is 94.9 cm³/mol. The second kappa shape index (κ2) is 5.77. The van der Waals surface area contributed by atoms with Gasteiger partial charge in [-0.25, -0.2) is 9.98 Å². The van der Waals surface area contributed by atoms with E-state index in [1.54, 1.807) is 18.6 Å². The van der Waals surface area contributed by atoms with Gasteiger partial charge in [-0.2, -0.15) is 0 Å². The second-order valence-corrected chi connectivity index (χ2v) is 5.77. The number of H-pyrrole nitrogens is 1. The molecule has 0 atom stereocenters. The van der Waals surface area contributed by atoms with Crippen LogP contribution in [0.3, 0.4) is 0 Å². The smallest absolute Gasteiger partial charge is 0.124 e. The Bertz CT molecular complexity index is 955. The summed E-state index contributed by atoms with van der Waals surface area (Å²) in [5.74, 6) is 0.225. The van der Waals surface area contributed by atoms with Gasteiger partial charge in [0, 0.05) is 12.0 Å². The summed E-state index contributed by atoms with van der Waals surface area (Å²) in [5.41, 5.74) is 5.90. The Morgan fingerprint density at radius 2 is 1.75 bits per heavy atom. The van der Waals surface area contributed by atoms with Gasteiger partial charge in [-0.05, 0) is 31.2 Å². The number of para-hydroxylation sites is 2. The number of hydrogen-bond donors (Lipinski definition) is 2. The van der Waals surface area contributed by atoms with Gasteiger partial charge in [0.2, 0.25) is 0 Å². The summed E-state index contributed by atoms with van der Waals surface area (Å²) in [7, 11) is 0. The first-order valence-electron chi connectivity index (χ1n) is 7.73. The number of aromatic hydroxyl groups is 1. The number of aliphatic imine (C=N–C) groups is 2. The Kier molecular flexibility index (Phi) is 3.46. The van der Waals surface area contributed by atoms with Gasteiger partial charge in [-0.3, -0.25) is 4.99 Å². The number of hydrogen-bond acceptors (Lipinski definition) is 4. The molecule has 1 aromatic heterocycles. The zero-order valence-electron chi connectivity index (χ0n) is 13.2. The number of nitrogens with zero attached hydrogens (tertiary/aromatic N) is 3. The average molecular weight is 316 g/mol. The topological polar surface area (TPSA) is 73.6 Å². The van der Waals surface area contributed by atoms with Gasteiger partial charge in [-0.15, -0.1) is 0 Å². The van der Waals surface area contributed by atoms with Gasteiger partial charge in [0.15, 0.2) is 0 Å². The van der Waals surface area contributed by atoms with Crippen LogP contribution in [-0.4, -0.2) is 26.5 Å². The van der Waals surface area contributed by atoms with E-state index < -0.39 is 0 Å². The Hall–Kier alpha value is -3.21. The zero-order valence-corrected chi connectivity index (χ0v) is 13.2. The molecular weight excluding hydrogens is 300 g/mol. The lowest BCUT2D eigenvalue weighted by Gasteiger charge is -2.09. The van der Waals surface area contributed by atoms with Crippen LogP contribution < -0.4 is 0 Å². The quantitative estimate of drug-likeness (QED) is 0.748. The van der Waals surface area contributed by atoms with Crippen LogP contribution in [0, 0.1) is 6.92 Å². The van der Waals surface area contributed by atoms with Crippen molar-refractivity contribution in [3.63, 3.8) is 0 Å². The van der Waals surface area contributed by atoms with E-state index in [1.165, 1.54) is 0 Å². The molecule has 0 aliphatic carbocycles. The van der Waals surface area contributed by atoms with Crippen LogP contribution in [0.15, 0.2) is 65.0 Å². The molecule has 5 heteroatoms. The Balaban J connectivity index is 1.91. The molecule has 2 N–H and O–H groups in total. The fraction of sp³-hybridized carbons (Fsp3) is 0.105. The van der Waals surface area contributed by atoms with Crippen molar-refractivity contribution < 1.29 is 5.11 Å². The summed E-state index contributed by atoms with van der Waals surface area (Å²) in [4.78, 5) is 16.7. The molecule has 0 unspecified atom stereocenters. The molecule has 1 aliphatic rings. The number of rotatable bonds is 2. The summed E-state index contributed by atoms with van der Waals surface area (Å²) in [6.07, 6.45) is 3.89. The van der Waals surface area contributed by atoms with E-state index in [0.29, 0.717) is 6.42 Å². The number of phenols is 1. The molecule has 0 amide bonds.